The molecule has 0 saturated carbocycles. The molecule has 1 aliphatic heterocycles. The van der Waals surface area contributed by atoms with E-state index >= 15 is 0 Å². The van der Waals surface area contributed by atoms with E-state index in [9.17, 15) is 0 Å². The van der Waals surface area contributed by atoms with E-state index in [0.29, 0.717) is 0 Å². The molecule has 0 saturated heterocycles. The van der Waals surface area contributed by atoms with E-state index in [2.05, 4.69) is 73.8 Å². The number of hydrogen-bond donors (Lipinski definition) is 0. The summed E-state index contributed by atoms with van der Waals surface area (Å²) in [4.78, 5) is 2.47. The first-order valence-electron chi connectivity index (χ1n) is 6.82. The van der Waals surface area contributed by atoms with Gasteiger partial charge in [0, 0.05) is 46.9 Å². The summed E-state index contributed by atoms with van der Waals surface area (Å²) in [7, 11) is 0. The van der Waals surface area contributed by atoms with E-state index in [4.69, 9.17) is 11.6 Å². The third-order valence-corrected chi connectivity index (χ3v) is 6.31. The van der Waals surface area contributed by atoms with E-state index in [1.807, 2.05) is 12.1 Å². The van der Waals surface area contributed by atoms with Crippen LogP contribution in [0.5, 0.6) is 0 Å². The van der Waals surface area contributed by atoms with Crippen LogP contribution in [0.4, 0.5) is 0 Å². The van der Waals surface area contributed by atoms with Crippen molar-refractivity contribution in [3.63, 3.8) is 0 Å². The maximum absolute atomic E-state index is 5.99. The average Bonchev–Trinajstić information content (AvgIpc) is 3.05. The minimum absolute atomic E-state index is 0.769. The summed E-state index contributed by atoms with van der Waals surface area (Å²) in [5.74, 6) is 0. The van der Waals surface area contributed by atoms with Crippen molar-refractivity contribution in [2.45, 2.75) is 22.8 Å². The number of benzene rings is 2. The molecule has 2 radical (unpaired) electrons. The highest BCUT2D eigenvalue weighted by molar-refractivity contribution is 14.1. The standard InChI is InChI=1S/C17H10BrClINS/c18-13-8-11(20)9-15-16(13)17(14-2-1-7-21(14)15)22-12-5-3-10(19)4-6-12/h3-6,8-9H,1,7H2. The molecule has 0 atom stereocenters. The van der Waals surface area contributed by atoms with E-state index in [1.165, 1.54) is 30.0 Å². The van der Waals surface area contributed by atoms with Crippen LogP contribution in [0.2, 0.25) is 5.02 Å². The lowest BCUT2D eigenvalue weighted by Crippen LogP contribution is -1.91. The van der Waals surface area contributed by atoms with Gasteiger partial charge in [-0.1, -0.05) is 39.3 Å². The van der Waals surface area contributed by atoms with Crippen LogP contribution in [-0.2, 0) is 6.54 Å². The summed E-state index contributed by atoms with van der Waals surface area (Å²) in [5, 5.41) is 2.05. The SMILES string of the molecule is Clc1ccc(Sc2c3n(c4cc(I)cc(Br)c24)CC[C]3)cc1. The number of fused-ring (bicyclic) bond motifs is 3. The maximum atomic E-state index is 5.99. The zero-order valence-electron chi connectivity index (χ0n) is 11.4. The van der Waals surface area contributed by atoms with Gasteiger partial charge >= 0.3 is 0 Å². The third kappa shape index (κ3) is 2.62. The minimum Gasteiger partial charge on any atom is -0.343 e. The Morgan fingerprint density at radius 3 is 2.77 bits per heavy atom. The van der Waals surface area contributed by atoms with Crippen molar-refractivity contribution < 1.29 is 0 Å². The molecule has 2 heterocycles. The molecule has 0 amide bonds. The topological polar surface area (TPSA) is 4.93 Å². The fourth-order valence-electron chi connectivity index (χ4n) is 2.77. The lowest BCUT2D eigenvalue weighted by molar-refractivity contribution is 0.788. The molecule has 2 aromatic carbocycles. The fraction of sp³-hybridized carbons (Fsp3) is 0.118. The first-order valence-corrected chi connectivity index (χ1v) is 9.88. The van der Waals surface area contributed by atoms with Gasteiger partial charge in [0.15, 0.2) is 0 Å². The molecule has 22 heavy (non-hydrogen) atoms. The van der Waals surface area contributed by atoms with E-state index < -0.39 is 0 Å². The first-order chi connectivity index (χ1) is 10.6. The second-order valence-electron chi connectivity index (χ2n) is 5.09. The van der Waals surface area contributed by atoms with Gasteiger partial charge in [-0.3, -0.25) is 0 Å². The quantitative estimate of drug-likeness (QED) is 0.356. The van der Waals surface area contributed by atoms with Crippen molar-refractivity contribution in [3.05, 3.63) is 61.6 Å². The summed E-state index contributed by atoms with van der Waals surface area (Å²) in [5.41, 5.74) is 2.51. The van der Waals surface area contributed by atoms with Crippen LogP contribution in [0.3, 0.4) is 0 Å². The molecule has 0 bridgehead atoms. The normalized spacial score (nSPS) is 13.8. The van der Waals surface area contributed by atoms with Crippen molar-refractivity contribution >= 4 is 72.8 Å². The second-order valence-corrected chi connectivity index (χ2v) is 8.71. The van der Waals surface area contributed by atoms with Crippen LogP contribution < -0.4 is 0 Å². The number of nitrogens with zero attached hydrogens (tertiary/aromatic N) is 1. The Kier molecular flexibility index (Phi) is 4.22. The third-order valence-electron chi connectivity index (χ3n) is 3.70. The summed E-state index contributed by atoms with van der Waals surface area (Å²) in [6.45, 7) is 1.01. The molecule has 110 valence electrons. The molecule has 0 N–H and O–H groups in total. The number of aryl methyl sites for hydroxylation is 1. The van der Waals surface area contributed by atoms with Gasteiger partial charge in [-0.05, 0) is 65.4 Å². The van der Waals surface area contributed by atoms with Crippen LogP contribution >= 0.6 is 61.9 Å². The highest BCUT2D eigenvalue weighted by Crippen LogP contribution is 2.45. The lowest BCUT2D eigenvalue weighted by atomic mass is 10.2. The number of aromatic nitrogens is 1. The molecule has 4 rings (SSSR count). The van der Waals surface area contributed by atoms with Crippen molar-refractivity contribution in [1.82, 2.24) is 4.57 Å². The van der Waals surface area contributed by atoms with Gasteiger partial charge < -0.3 is 4.57 Å². The molecule has 1 aliphatic rings. The molecule has 0 unspecified atom stereocenters. The molecule has 0 spiro atoms. The first kappa shape index (κ1) is 15.4. The van der Waals surface area contributed by atoms with Crippen LogP contribution in [-0.4, -0.2) is 4.57 Å². The molecule has 0 fully saturated rings. The molecule has 0 aliphatic carbocycles. The predicted molar refractivity (Wildman–Crippen MR) is 105 cm³/mol. The van der Waals surface area contributed by atoms with Gasteiger partial charge in [0.05, 0.1) is 5.52 Å². The zero-order valence-corrected chi connectivity index (χ0v) is 16.7. The van der Waals surface area contributed by atoms with Gasteiger partial charge in [-0.25, -0.2) is 0 Å². The monoisotopic (exact) mass is 501 g/mol. The highest BCUT2D eigenvalue weighted by Gasteiger charge is 2.24. The van der Waals surface area contributed by atoms with Crippen LogP contribution in [0, 0.1) is 9.99 Å². The van der Waals surface area contributed by atoms with Gasteiger partial charge in [-0.2, -0.15) is 0 Å². The predicted octanol–water partition coefficient (Wildman–Crippen LogP) is 6.65. The largest absolute Gasteiger partial charge is 0.343 e. The Bertz CT molecular complexity index is 873. The summed E-state index contributed by atoms with van der Waals surface area (Å²) < 4.78 is 4.77. The zero-order chi connectivity index (χ0) is 15.3. The van der Waals surface area contributed by atoms with Crippen molar-refractivity contribution in [2.24, 2.45) is 0 Å². The molecular weight excluding hydrogens is 493 g/mol. The van der Waals surface area contributed by atoms with Crippen LogP contribution in [0.1, 0.15) is 12.1 Å². The minimum atomic E-state index is 0.769. The van der Waals surface area contributed by atoms with Gasteiger partial charge in [-0.15, -0.1) is 0 Å². The average molecular weight is 503 g/mol. The summed E-state index contributed by atoms with van der Waals surface area (Å²) >= 11 is 13.9. The molecule has 1 nitrogen and oxygen atoms in total. The summed E-state index contributed by atoms with van der Waals surface area (Å²) in [6.07, 6.45) is 4.52. The summed E-state index contributed by atoms with van der Waals surface area (Å²) in [6, 6.07) is 12.4. The van der Waals surface area contributed by atoms with E-state index in [-0.39, 0.29) is 0 Å². The van der Waals surface area contributed by atoms with E-state index in [1.54, 1.807) is 11.8 Å². The Morgan fingerprint density at radius 1 is 1.23 bits per heavy atom. The Morgan fingerprint density at radius 2 is 2.00 bits per heavy atom. The van der Waals surface area contributed by atoms with Gasteiger partial charge in [0.25, 0.3) is 0 Å². The Balaban J connectivity index is 1.91. The highest BCUT2D eigenvalue weighted by atomic mass is 127. The van der Waals surface area contributed by atoms with Crippen molar-refractivity contribution in [2.75, 3.05) is 0 Å². The molecule has 1 aromatic heterocycles. The molecule has 3 aromatic rings. The number of hydrogen-bond acceptors (Lipinski definition) is 1. The maximum Gasteiger partial charge on any atom is 0.0516 e. The van der Waals surface area contributed by atoms with Crippen LogP contribution in [0.15, 0.2) is 50.7 Å². The van der Waals surface area contributed by atoms with Crippen molar-refractivity contribution in [3.8, 4) is 0 Å². The second kappa shape index (κ2) is 6.04. The lowest BCUT2D eigenvalue weighted by Gasteiger charge is -2.05. The number of rotatable bonds is 2. The van der Waals surface area contributed by atoms with Gasteiger partial charge in [0.2, 0.25) is 0 Å². The van der Waals surface area contributed by atoms with Crippen LogP contribution in [0.25, 0.3) is 10.9 Å². The Hall–Kier alpha value is -0.170. The smallest absolute Gasteiger partial charge is 0.0516 e. The number of halogens is 3. The fourth-order valence-corrected chi connectivity index (χ4v) is 5.82. The Labute approximate surface area is 160 Å². The molecular formula is C17H10BrClINS. The van der Waals surface area contributed by atoms with Gasteiger partial charge in [0.1, 0.15) is 0 Å². The van der Waals surface area contributed by atoms with Crippen molar-refractivity contribution in [1.29, 1.82) is 0 Å². The molecule has 5 heteroatoms. The van der Waals surface area contributed by atoms with E-state index in [0.717, 1.165) is 22.5 Å².